The Labute approximate surface area is 243 Å². The van der Waals surface area contributed by atoms with E-state index in [2.05, 4.69) is 56.6 Å². The molecule has 0 saturated carbocycles. The molecule has 1 N–H and O–H groups in total. The number of rotatable bonds is 6. The lowest BCUT2D eigenvalue weighted by Crippen LogP contribution is -2.38. The van der Waals surface area contributed by atoms with Gasteiger partial charge in [-0.25, -0.2) is 19.3 Å². The van der Waals surface area contributed by atoms with Crippen molar-refractivity contribution >= 4 is 5.82 Å². The number of nitrogens with zero attached hydrogens (tertiary/aromatic N) is 6. The van der Waals surface area contributed by atoms with Crippen molar-refractivity contribution in [2.24, 2.45) is 0 Å². The number of nitrogens with one attached hydrogen (secondary N) is 1. The number of imidazole rings is 1. The third kappa shape index (κ3) is 4.97. The van der Waals surface area contributed by atoms with Gasteiger partial charge in [0.25, 0.3) is 0 Å². The van der Waals surface area contributed by atoms with Crippen LogP contribution in [0.25, 0.3) is 33.9 Å². The van der Waals surface area contributed by atoms with Crippen molar-refractivity contribution in [3.05, 3.63) is 102 Å². The monoisotopic (exact) mass is 557 g/mol. The molecule has 2 aliphatic rings. The predicted octanol–water partition coefficient (Wildman–Crippen LogP) is 6.11. The zero-order valence-corrected chi connectivity index (χ0v) is 22.9. The molecule has 3 aromatic carbocycles. The molecule has 1 fully saturated rings. The summed E-state index contributed by atoms with van der Waals surface area (Å²) < 4.78 is 22.4. The Bertz CT molecular complexity index is 1770. The molecule has 0 unspecified atom stereocenters. The number of anilines is 1. The minimum atomic E-state index is -0.379. The molecule has 0 atom stereocenters. The number of ether oxygens (including phenoxy) is 1. The topological polar surface area (TPSA) is 91.9 Å². The largest absolute Gasteiger partial charge is 0.469 e. The minimum Gasteiger partial charge on any atom is -0.469 e. The number of nitriles is 1. The molecule has 0 bridgehead atoms. The predicted molar refractivity (Wildman–Crippen MR) is 158 cm³/mol. The molecule has 2 aliphatic heterocycles. The van der Waals surface area contributed by atoms with E-state index < -0.39 is 0 Å². The van der Waals surface area contributed by atoms with Gasteiger partial charge in [-0.15, -0.1) is 0 Å². The van der Waals surface area contributed by atoms with E-state index >= 15 is 0 Å². The van der Waals surface area contributed by atoms with E-state index in [-0.39, 0.29) is 24.1 Å². The first-order valence-electron chi connectivity index (χ1n) is 14.1. The summed E-state index contributed by atoms with van der Waals surface area (Å²) >= 11 is 0. The van der Waals surface area contributed by atoms with E-state index in [1.54, 1.807) is 18.3 Å². The van der Waals surface area contributed by atoms with Crippen LogP contribution < -0.4 is 10.1 Å². The van der Waals surface area contributed by atoms with E-state index in [4.69, 9.17) is 15.0 Å². The second-order valence-corrected chi connectivity index (χ2v) is 10.6. The van der Waals surface area contributed by atoms with Crippen LogP contribution in [0.5, 0.6) is 5.75 Å². The van der Waals surface area contributed by atoms with Crippen LogP contribution in [-0.2, 0) is 13.3 Å². The summed E-state index contributed by atoms with van der Waals surface area (Å²) in [6.07, 6.45) is 3.60. The molecule has 0 aliphatic carbocycles. The third-order valence-corrected chi connectivity index (χ3v) is 7.89. The van der Waals surface area contributed by atoms with E-state index in [1.807, 2.05) is 34.9 Å². The van der Waals surface area contributed by atoms with Crippen molar-refractivity contribution in [1.82, 2.24) is 24.4 Å². The molecular formula is C33H28FN7O. The smallest absolute Gasteiger partial charge is 0.234 e. The van der Waals surface area contributed by atoms with Crippen LogP contribution in [0.3, 0.4) is 0 Å². The molecule has 0 amide bonds. The third-order valence-electron chi connectivity index (χ3n) is 7.89. The van der Waals surface area contributed by atoms with Crippen LogP contribution in [0.1, 0.15) is 24.2 Å². The van der Waals surface area contributed by atoms with Crippen LogP contribution in [0.2, 0.25) is 0 Å². The first-order chi connectivity index (χ1) is 20.7. The number of fused-ring (bicyclic) bond motifs is 3. The summed E-state index contributed by atoms with van der Waals surface area (Å²) in [5.74, 6) is 1.46. The minimum absolute atomic E-state index is 0.180. The van der Waals surface area contributed by atoms with Crippen LogP contribution in [0, 0.1) is 17.1 Å². The van der Waals surface area contributed by atoms with Gasteiger partial charge in [-0.05, 0) is 36.6 Å². The number of halogens is 1. The van der Waals surface area contributed by atoms with Gasteiger partial charge in [0.15, 0.2) is 18.3 Å². The Morgan fingerprint density at radius 3 is 2.52 bits per heavy atom. The van der Waals surface area contributed by atoms with E-state index in [1.165, 1.54) is 11.6 Å². The van der Waals surface area contributed by atoms with Gasteiger partial charge in [0.05, 0.1) is 17.0 Å². The zero-order chi connectivity index (χ0) is 28.5. The van der Waals surface area contributed by atoms with Gasteiger partial charge in [-0.2, -0.15) is 5.26 Å². The number of benzene rings is 3. The molecule has 2 aromatic heterocycles. The van der Waals surface area contributed by atoms with Gasteiger partial charge in [0.2, 0.25) is 5.82 Å². The van der Waals surface area contributed by atoms with E-state index in [0.717, 1.165) is 55.0 Å². The van der Waals surface area contributed by atoms with Crippen LogP contribution in [0.4, 0.5) is 10.2 Å². The fourth-order valence-corrected chi connectivity index (χ4v) is 5.80. The molecule has 5 aromatic rings. The maximum Gasteiger partial charge on any atom is 0.234 e. The van der Waals surface area contributed by atoms with Crippen molar-refractivity contribution in [3.8, 4) is 45.7 Å². The lowest BCUT2D eigenvalue weighted by atomic mass is 10.0. The van der Waals surface area contributed by atoms with Gasteiger partial charge in [-0.1, -0.05) is 60.7 Å². The van der Waals surface area contributed by atoms with Crippen molar-refractivity contribution in [2.45, 2.75) is 32.2 Å². The molecule has 8 nitrogen and oxygen atoms in total. The fourth-order valence-electron chi connectivity index (χ4n) is 5.80. The van der Waals surface area contributed by atoms with Crippen molar-refractivity contribution in [2.75, 3.05) is 18.4 Å². The summed E-state index contributed by atoms with van der Waals surface area (Å²) in [6, 6.07) is 27.8. The van der Waals surface area contributed by atoms with Gasteiger partial charge in [-0.3, -0.25) is 9.47 Å². The highest BCUT2D eigenvalue weighted by Crippen LogP contribution is 2.42. The molecule has 7 rings (SSSR count). The molecular weight excluding hydrogens is 529 g/mol. The van der Waals surface area contributed by atoms with Crippen LogP contribution >= 0.6 is 0 Å². The first-order valence-corrected chi connectivity index (χ1v) is 14.1. The van der Waals surface area contributed by atoms with Gasteiger partial charge in [0, 0.05) is 43.0 Å². The number of aromatic nitrogens is 4. The molecule has 4 heterocycles. The molecule has 42 heavy (non-hydrogen) atoms. The summed E-state index contributed by atoms with van der Waals surface area (Å²) in [5, 5.41) is 12.5. The average molecular weight is 558 g/mol. The highest BCUT2D eigenvalue weighted by Gasteiger charge is 2.28. The van der Waals surface area contributed by atoms with Crippen molar-refractivity contribution < 1.29 is 9.13 Å². The number of hydrogen-bond acceptors (Lipinski definition) is 7. The number of hydrogen-bond donors (Lipinski definition) is 1. The van der Waals surface area contributed by atoms with E-state index in [9.17, 15) is 4.39 Å². The molecule has 0 spiro atoms. The Morgan fingerprint density at radius 2 is 1.74 bits per heavy atom. The van der Waals surface area contributed by atoms with Crippen molar-refractivity contribution in [3.63, 3.8) is 0 Å². The van der Waals surface area contributed by atoms with Gasteiger partial charge >= 0.3 is 0 Å². The molecule has 1 saturated heterocycles. The SMILES string of the molecule is N#Cc1nccc(NC2CCN(Cc3ccc(-c4nc5n(c4-c4ccccc4)COc4c(F)cccc4-5)cc3)CC2)n1. The Kier molecular flexibility index (Phi) is 6.82. The summed E-state index contributed by atoms with van der Waals surface area (Å²) in [6.45, 7) is 3.00. The fraction of sp³-hybridized carbons (Fsp3) is 0.212. The Morgan fingerprint density at radius 1 is 0.929 bits per heavy atom. The Balaban J connectivity index is 1.09. The first kappa shape index (κ1) is 25.9. The summed E-state index contributed by atoms with van der Waals surface area (Å²) in [5.41, 5.74) is 5.72. The maximum atomic E-state index is 14.5. The lowest BCUT2D eigenvalue weighted by molar-refractivity contribution is 0.211. The maximum absolute atomic E-state index is 14.5. The average Bonchev–Trinajstić information content (AvgIpc) is 3.43. The number of piperidine rings is 1. The zero-order valence-electron chi connectivity index (χ0n) is 22.9. The van der Waals surface area contributed by atoms with Crippen LogP contribution in [-0.4, -0.2) is 43.6 Å². The second-order valence-electron chi connectivity index (χ2n) is 10.6. The van der Waals surface area contributed by atoms with Gasteiger partial charge in [0.1, 0.15) is 17.7 Å². The highest BCUT2D eigenvalue weighted by atomic mass is 19.1. The summed E-state index contributed by atoms with van der Waals surface area (Å²) in [7, 11) is 0. The Hall–Kier alpha value is -5.07. The normalized spacial score (nSPS) is 14.9. The quantitative estimate of drug-likeness (QED) is 0.269. The standard InChI is InChI=1S/C33H28FN7O/c34-27-8-4-7-26-32(27)42-21-41-31(24-5-2-1-3-6-24)30(39-33(26)41)23-11-9-22(10-12-23)20-40-17-14-25(15-18-40)37-28-13-16-36-29(19-35)38-28/h1-13,16,25H,14-15,17-18,20-21H2,(H,36,37,38). The highest BCUT2D eigenvalue weighted by molar-refractivity contribution is 5.83. The molecule has 208 valence electrons. The lowest BCUT2D eigenvalue weighted by Gasteiger charge is -2.32. The van der Waals surface area contributed by atoms with Gasteiger partial charge < -0.3 is 10.1 Å². The van der Waals surface area contributed by atoms with Crippen LogP contribution in [0.15, 0.2) is 85.1 Å². The number of likely N-dealkylation sites (tertiary alicyclic amines) is 1. The molecule has 0 radical (unpaired) electrons. The second kappa shape index (κ2) is 11.1. The van der Waals surface area contributed by atoms with Crippen molar-refractivity contribution in [1.29, 1.82) is 5.26 Å². The molecule has 9 heteroatoms. The number of para-hydroxylation sites is 1. The van der Waals surface area contributed by atoms with E-state index in [0.29, 0.717) is 23.2 Å². The summed E-state index contributed by atoms with van der Waals surface area (Å²) in [4.78, 5) is 15.7.